The first-order chi connectivity index (χ1) is 14.1. The van der Waals surface area contributed by atoms with E-state index in [9.17, 15) is 4.79 Å². The van der Waals surface area contributed by atoms with E-state index < -0.39 is 0 Å². The van der Waals surface area contributed by atoms with Crippen LogP contribution in [0.2, 0.25) is 0 Å². The molecular weight excluding hydrogens is 368 g/mol. The summed E-state index contributed by atoms with van der Waals surface area (Å²) in [4.78, 5) is 17.4. The zero-order chi connectivity index (χ0) is 20.1. The van der Waals surface area contributed by atoms with Crippen molar-refractivity contribution in [2.75, 3.05) is 26.9 Å². The molecule has 0 spiro atoms. The number of amides is 1. The summed E-state index contributed by atoms with van der Waals surface area (Å²) in [6, 6.07) is 0.906. The standard InChI is InChI=1S/C22H32N4O3/c1-12-9-23-22(28-3)13(2)19(12)14-4-5-16-18(8-14)25-21(27)17-10-24-26(20(16)17)15-6-7-29-11-15/h9,14-18,20,24H,4-8,10-11H2,1-3H3,(H,25,27)/t14?,15-,16?,17?,18?,20?/m1/s1. The highest BCUT2D eigenvalue weighted by atomic mass is 16.5. The van der Waals surface area contributed by atoms with Gasteiger partial charge in [-0.15, -0.1) is 0 Å². The van der Waals surface area contributed by atoms with Gasteiger partial charge in [0.2, 0.25) is 11.8 Å². The van der Waals surface area contributed by atoms with E-state index in [-0.39, 0.29) is 23.9 Å². The summed E-state index contributed by atoms with van der Waals surface area (Å²) in [6.07, 6.45) is 6.23. The van der Waals surface area contributed by atoms with Crippen LogP contribution >= 0.6 is 0 Å². The summed E-state index contributed by atoms with van der Waals surface area (Å²) in [5.74, 6) is 1.91. The Morgan fingerprint density at radius 1 is 1.28 bits per heavy atom. The van der Waals surface area contributed by atoms with Gasteiger partial charge >= 0.3 is 0 Å². The number of methoxy groups -OCH3 is 1. The van der Waals surface area contributed by atoms with Gasteiger partial charge in [0.1, 0.15) is 0 Å². The van der Waals surface area contributed by atoms with Gasteiger partial charge in [-0.25, -0.2) is 9.99 Å². The molecule has 4 fully saturated rings. The predicted molar refractivity (Wildman–Crippen MR) is 109 cm³/mol. The van der Waals surface area contributed by atoms with Gasteiger partial charge in [-0.3, -0.25) is 10.2 Å². The normalized spacial score (nSPS) is 37.1. The molecule has 3 saturated heterocycles. The molecule has 1 aliphatic carbocycles. The number of carbonyl (C=O) groups is 1. The topological polar surface area (TPSA) is 75.7 Å². The molecule has 7 nitrogen and oxygen atoms in total. The molecule has 4 aliphatic rings. The Morgan fingerprint density at radius 2 is 2.14 bits per heavy atom. The maximum absolute atomic E-state index is 12.9. The molecule has 5 rings (SSSR count). The molecular formula is C22H32N4O3. The van der Waals surface area contributed by atoms with Crippen molar-refractivity contribution >= 4 is 5.91 Å². The Morgan fingerprint density at radius 3 is 2.90 bits per heavy atom. The van der Waals surface area contributed by atoms with Gasteiger partial charge in [-0.1, -0.05) is 0 Å². The predicted octanol–water partition coefficient (Wildman–Crippen LogP) is 1.68. The number of nitrogens with one attached hydrogen (secondary N) is 2. The highest BCUT2D eigenvalue weighted by molar-refractivity contribution is 5.81. The number of pyridine rings is 1. The van der Waals surface area contributed by atoms with E-state index in [4.69, 9.17) is 9.47 Å². The van der Waals surface area contributed by atoms with Crippen molar-refractivity contribution in [2.45, 2.75) is 63.6 Å². The number of rotatable bonds is 3. The van der Waals surface area contributed by atoms with Gasteiger partial charge in [0, 0.05) is 37.0 Å². The number of hydrazine groups is 1. The van der Waals surface area contributed by atoms with Crippen LogP contribution in [0.15, 0.2) is 6.20 Å². The smallest absolute Gasteiger partial charge is 0.226 e. The van der Waals surface area contributed by atoms with Gasteiger partial charge in [0.25, 0.3) is 0 Å². The first kappa shape index (κ1) is 19.3. The molecule has 1 saturated carbocycles. The highest BCUT2D eigenvalue weighted by Gasteiger charge is 2.53. The van der Waals surface area contributed by atoms with Gasteiger partial charge in [0.15, 0.2) is 0 Å². The number of fused-ring (bicyclic) bond motifs is 3. The first-order valence-corrected chi connectivity index (χ1v) is 11.0. The molecule has 1 amide bonds. The van der Waals surface area contributed by atoms with Crippen molar-refractivity contribution in [2.24, 2.45) is 11.8 Å². The van der Waals surface area contributed by atoms with Crippen molar-refractivity contribution in [1.29, 1.82) is 0 Å². The van der Waals surface area contributed by atoms with Crippen LogP contribution in [0.25, 0.3) is 0 Å². The Hall–Kier alpha value is -1.70. The molecule has 2 N–H and O–H groups in total. The van der Waals surface area contributed by atoms with Crippen LogP contribution in [-0.4, -0.2) is 60.9 Å². The highest BCUT2D eigenvalue weighted by Crippen LogP contribution is 2.45. The fraction of sp³-hybridized carbons (Fsp3) is 0.727. The van der Waals surface area contributed by atoms with Crippen molar-refractivity contribution in [1.82, 2.24) is 20.7 Å². The Labute approximate surface area is 172 Å². The summed E-state index contributed by atoms with van der Waals surface area (Å²) >= 11 is 0. The van der Waals surface area contributed by atoms with Crippen molar-refractivity contribution in [3.05, 3.63) is 22.9 Å². The fourth-order valence-corrected chi connectivity index (χ4v) is 6.38. The van der Waals surface area contributed by atoms with Crippen LogP contribution in [-0.2, 0) is 9.53 Å². The molecule has 1 aromatic heterocycles. The zero-order valence-corrected chi connectivity index (χ0v) is 17.6. The molecule has 6 atom stereocenters. The maximum atomic E-state index is 12.9. The number of hydrogen-bond donors (Lipinski definition) is 2. The summed E-state index contributed by atoms with van der Waals surface area (Å²) in [5, 5.41) is 5.77. The van der Waals surface area contributed by atoms with Crippen molar-refractivity contribution in [3.63, 3.8) is 0 Å². The largest absolute Gasteiger partial charge is 0.481 e. The van der Waals surface area contributed by atoms with E-state index >= 15 is 0 Å². The van der Waals surface area contributed by atoms with Gasteiger partial charge in [-0.05, 0) is 62.5 Å². The SMILES string of the molecule is COc1ncc(C)c(C2CCC3C(C2)NC(=O)C2CNN([C@@H]4CCOC4)C23)c1C. The van der Waals surface area contributed by atoms with E-state index in [0.29, 0.717) is 23.8 Å². The number of aryl methyl sites for hydroxylation is 1. The summed E-state index contributed by atoms with van der Waals surface area (Å²) in [7, 11) is 1.68. The van der Waals surface area contributed by atoms with Gasteiger partial charge in [0.05, 0.1) is 25.7 Å². The van der Waals surface area contributed by atoms with Crippen LogP contribution in [0.3, 0.4) is 0 Å². The lowest BCUT2D eigenvalue weighted by Crippen LogP contribution is -2.62. The van der Waals surface area contributed by atoms with Crippen molar-refractivity contribution in [3.8, 4) is 5.88 Å². The third-order valence-corrected chi connectivity index (χ3v) is 7.66. The Bertz CT molecular complexity index is 795. The minimum Gasteiger partial charge on any atom is -0.481 e. The average Bonchev–Trinajstić information content (AvgIpc) is 3.38. The molecule has 5 unspecified atom stereocenters. The third-order valence-electron chi connectivity index (χ3n) is 7.66. The molecule has 3 aliphatic heterocycles. The van der Waals surface area contributed by atoms with E-state index in [1.165, 1.54) is 11.1 Å². The lowest BCUT2D eigenvalue weighted by atomic mass is 9.67. The first-order valence-electron chi connectivity index (χ1n) is 11.0. The number of piperidine rings is 1. The minimum atomic E-state index is 0.0536. The molecule has 158 valence electrons. The van der Waals surface area contributed by atoms with Crippen molar-refractivity contribution < 1.29 is 14.3 Å². The average molecular weight is 401 g/mol. The molecule has 0 bridgehead atoms. The number of hydrogen-bond acceptors (Lipinski definition) is 6. The zero-order valence-electron chi connectivity index (χ0n) is 17.6. The summed E-state index contributed by atoms with van der Waals surface area (Å²) in [6.45, 7) is 6.59. The minimum absolute atomic E-state index is 0.0536. The fourth-order valence-electron chi connectivity index (χ4n) is 6.38. The van der Waals surface area contributed by atoms with Crippen LogP contribution in [0.4, 0.5) is 0 Å². The van der Waals surface area contributed by atoms with E-state index in [1.54, 1.807) is 7.11 Å². The second-order valence-electron chi connectivity index (χ2n) is 9.16. The quantitative estimate of drug-likeness (QED) is 0.804. The van der Waals surface area contributed by atoms with Crippen LogP contribution in [0.1, 0.15) is 48.3 Å². The summed E-state index contributed by atoms with van der Waals surface area (Å²) < 4.78 is 11.1. The molecule has 4 heterocycles. The molecule has 29 heavy (non-hydrogen) atoms. The van der Waals surface area contributed by atoms with Gasteiger partial charge in [-0.2, -0.15) is 0 Å². The number of ether oxygens (including phenoxy) is 2. The van der Waals surface area contributed by atoms with E-state index in [1.807, 2.05) is 6.20 Å². The van der Waals surface area contributed by atoms with Crippen LogP contribution in [0.5, 0.6) is 5.88 Å². The van der Waals surface area contributed by atoms with Gasteiger partial charge < -0.3 is 14.8 Å². The monoisotopic (exact) mass is 400 g/mol. The second-order valence-corrected chi connectivity index (χ2v) is 9.16. The molecule has 1 aromatic rings. The number of carbonyl (C=O) groups excluding carboxylic acids is 1. The Balaban J connectivity index is 1.40. The number of aromatic nitrogens is 1. The van der Waals surface area contributed by atoms with E-state index in [2.05, 4.69) is 34.6 Å². The molecule has 7 heteroatoms. The van der Waals surface area contributed by atoms with Crippen LogP contribution < -0.4 is 15.5 Å². The number of nitrogens with zero attached hydrogens (tertiary/aromatic N) is 2. The van der Waals surface area contributed by atoms with Crippen LogP contribution in [0, 0.1) is 25.7 Å². The molecule has 0 aromatic carbocycles. The maximum Gasteiger partial charge on any atom is 0.226 e. The lowest BCUT2D eigenvalue weighted by molar-refractivity contribution is -0.132. The third kappa shape index (κ3) is 3.14. The Kier molecular flexibility index (Phi) is 5.00. The molecule has 0 radical (unpaired) electrons. The second kappa shape index (κ2) is 7.52. The lowest BCUT2D eigenvalue weighted by Gasteiger charge is -2.48. The summed E-state index contributed by atoms with van der Waals surface area (Å²) in [5.41, 5.74) is 7.27. The van der Waals surface area contributed by atoms with E-state index in [0.717, 1.165) is 51.0 Å².